The molecule has 2 atom stereocenters. The van der Waals surface area contributed by atoms with E-state index in [1.807, 2.05) is 25.1 Å². The Labute approximate surface area is 120 Å². The molecule has 0 fully saturated rings. The number of nitrogens with one attached hydrogen (secondary N) is 2. The summed E-state index contributed by atoms with van der Waals surface area (Å²) in [5, 5.41) is 15.0. The molecule has 3 N–H and O–H groups in total. The van der Waals surface area contributed by atoms with Gasteiger partial charge in [-0.05, 0) is 31.4 Å². The van der Waals surface area contributed by atoms with Crippen molar-refractivity contribution in [1.29, 1.82) is 0 Å². The molecule has 1 aromatic rings. The van der Waals surface area contributed by atoms with Gasteiger partial charge in [0.05, 0.1) is 0 Å². The highest BCUT2D eigenvalue weighted by Gasteiger charge is 2.13. The van der Waals surface area contributed by atoms with Crippen LogP contribution in [0.5, 0.6) is 0 Å². The Balaban J connectivity index is 2.36. The monoisotopic (exact) mass is 279 g/mol. The lowest BCUT2D eigenvalue weighted by Crippen LogP contribution is -2.44. The van der Waals surface area contributed by atoms with Gasteiger partial charge in [0.25, 0.3) is 0 Å². The number of aliphatic hydroxyl groups excluding tert-OH is 1. The number of urea groups is 1. The van der Waals surface area contributed by atoms with E-state index in [9.17, 15) is 9.90 Å². The van der Waals surface area contributed by atoms with Crippen molar-refractivity contribution >= 4 is 6.03 Å². The summed E-state index contributed by atoms with van der Waals surface area (Å²) >= 11 is 0. The second-order valence-electron chi connectivity index (χ2n) is 5.46. The van der Waals surface area contributed by atoms with Gasteiger partial charge in [0, 0.05) is 37.0 Å². The molecule has 0 radical (unpaired) electrons. The Morgan fingerprint density at radius 1 is 1.35 bits per heavy atom. The second-order valence-corrected chi connectivity index (χ2v) is 5.46. The van der Waals surface area contributed by atoms with Crippen molar-refractivity contribution in [2.75, 3.05) is 13.2 Å². The quantitative estimate of drug-likeness (QED) is 0.709. The first-order chi connectivity index (χ1) is 9.52. The van der Waals surface area contributed by atoms with Gasteiger partial charge in [-0.25, -0.2) is 4.79 Å². The van der Waals surface area contributed by atoms with Crippen LogP contribution < -0.4 is 10.6 Å². The molecule has 1 rings (SSSR count). The van der Waals surface area contributed by atoms with E-state index >= 15 is 0 Å². The van der Waals surface area contributed by atoms with Crippen molar-refractivity contribution in [3.05, 3.63) is 30.1 Å². The molecule has 5 nitrogen and oxygen atoms in total. The van der Waals surface area contributed by atoms with Gasteiger partial charge in [-0.3, -0.25) is 4.98 Å². The van der Waals surface area contributed by atoms with Crippen molar-refractivity contribution in [3.63, 3.8) is 0 Å². The number of hydrogen-bond donors (Lipinski definition) is 3. The number of hydrogen-bond acceptors (Lipinski definition) is 3. The fourth-order valence-electron chi connectivity index (χ4n) is 1.68. The summed E-state index contributed by atoms with van der Waals surface area (Å²) in [5.41, 5.74) is 0.921. The molecule has 0 saturated carbocycles. The maximum atomic E-state index is 11.7. The number of carbonyl (C=O) groups excluding carboxylic acids is 1. The maximum Gasteiger partial charge on any atom is 0.315 e. The van der Waals surface area contributed by atoms with E-state index < -0.39 is 0 Å². The van der Waals surface area contributed by atoms with Crippen LogP contribution in [0.2, 0.25) is 0 Å². The smallest absolute Gasteiger partial charge is 0.315 e. The topological polar surface area (TPSA) is 74.2 Å². The van der Waals surface area contributed by atoms with Crippen LogP contribution in [0.15, 0.2) is 24.4 Å². The van der Waals surface area contributed by atoms with E-state index in [2.05, 4.69) is 29.5 Å². The van der Waals surface area contributed by atoms with E-state index in [1.165, 1.54) is 0 Å². The maximum absolute atomic E-state index is 11.7. The Hall–Kier alpha value is -1.62. The minimum absolute atomic E-state index is 0.0231. The van der Waals surface area contributed by atoms with E-state index in [0.717, 1.165) is 5.69 Å². The number of pyridine rings is 1. The largest absolute Gasteiger partial charge is 0.396 e. The van der Waals surface area contributed by atoms with Gasteiger partial charge in [0.15, 0.2) is 0 Å². The highest BCUT2D eigenvalue weighted by Crippen LogP contribution is 2.05. The molecule has 0 aliphatic rings. The summed E-state index contributed by atoms with van der Waals surface area (Å²) in [7, 11) is 0. The van der Waals surface area contributed by atoms with Gasteiger partial charge in [0.1, 0.15) is 0 Å². The summed E-state index contributed by atoms with van der Waals surface area (Å²) in [5.74, 6) is 0.368. The van der Waals surface area contributed by atoms with Crippen LogP contribution in [-0.2, 0) is 6.42 Å². The molecule has 1 heterocycles. The third-order valence-corrected chi connectivity index (χ3v) is 3.39. The first-order valence-electron chi connectivity index (χ1n) is 7.08. The first-order valence-corrected chi connectivity index (χ1v) is 7.08. The highest BCUT2D eigenvalue weighted by molar-refractivity contribution is 5.74. The Bertz CT molecular complexity index is 395. The molecular formula is C15H25N3O2. The minimum atomic E-state index is -0.189. The van der Waals surface area contributed by atoms with Crippen molar-refractivity contribution in [2.24, 2.45) is 11.8 Å². The molecule has 0 saturated heterocycles. The standard InChI is InChI=1S/C15H25N3O2/c1-11(2)12(3)18-15(20)17-9-13(10-19)8-14-6-4-5-7-16-14/h4-7,11-13,19H,8-10H2,1-3H3,(H2,17,18,20). The number of amides is 2. The zero-order chi connectivity index (χ0) is 15.0. The predicted octanol–water partition coefficient (Wildman–Crippen LogP) is 1.58. The number of aliphatic hydroxyl groups is 1. The van der Waals surface area contributed by atoms with Crippen LogP contribution in [0.25, 0.3) is 0 Å². The molecular weight excluding hydrogens is 254 g/mol. The molecule has 1 aromatic heterocycles. The number of aromatic nitrogens is 1. The predicted molar refractivity (Wildman–Crippen MR) is 79.4 cm³/mol. The summed E-state index contributed by atoms with van der Waals surface area (Å²) < 4.78 is 0. The van der Waals surface area contributed by atoms with Crippen molar-refractivity contribution < 1.29 is 9.90 Å². The molecule has 5 heteroatoms. The number of carbonyl (C=O) groups is 1. The normalized spacial score (nSPS) is 13.8. The third-order valence-electron chi connectivity index (χ3n) is 3.39. The lowest BCUT2D eigenvalue weighted by Gasteiger charge is -2.19. The molecule has 0 spiro atoms. The van der Waals surface area contributed by atoms with Gasteiger partial charge in [-0.1, -0.05) is 19.9 Å². The average Bonchev–Trinajstić information content (AvgIpc) is 2.44. The Morgan fingerprint density at radius 2 is 2.10 bits per heavy atom. The molecule has 2 unspecified atom stereocenters. The summed E-state index contributed by atoms with van der Waals surface area (Å²) in [6, 6.07) is 5.63. The molecule has 112 valence electrons. The molecule has 0 aliphatic heterocycles. The Kier molecular flexibility index (Phi) is 7.01. The van der Waals surface area contributed by atoms with Gasteiger partial charge in [-0.15, -0.1) is 0 Å². The SMILES string of the molecule is CC(C)C(C)NC(=O)NCC(CO)Cc1ccccn1. The van der Waals surface area contributed by atoms with Crippen molar-refractivity contribution in [3.8, 4) is 0 Å². The zero-order valence-corrected chi connectivity index (χ0v) is 12.5. The second kappa shape index (κ2) is 8.53. The average molecular weight is 279 g/mol. The minimum Gasteiger partial charge on any atom is -0.396 e. The van der Waals surface area contributed by atoms with Crippen LogP contribution in [-0.4, -0.2) is 35.3 Å². The zero-order valence-electron chi connectivity index (χ0n) is 12.5. The highest BCUT2D eigenvalue weighted by atomic mass is 16.3. The molecule has 0 bridgehead atoms. The van der Waals surface area contributed by atoms with Gasteiger partial charge >= 0.3 is 6.03 Å². The number of nitrogens with zero attached hydrogens (tertiary/aromatic N) is 1. The van der Waals surface area contributed by atoms with E-state index in [1.54, 1.807) is 6.20 Å². The van der Waals surface area contributed by atoms with E-state index in [-0.39, 0.29) is 24.6 Å². The summed E-state index contributed by atoms with van der Waals surface area (Å²) in [4.78, 5) is 15.9. The fourth-order valence-corrected chi connectivity index (χ4v) is 1.68. The molecule has 0 aliphatic carbocycles. The molecule has 20 heavy (non-hydrogen) atoms. The Morgan fingerprint density at radius 3 is 2.65 bits per heavy atom. The van der Waals surface area contributed by atoms with Crippen LogP contribution in [0.1, 0.15) is 26.5 Å². The van der Waals surface area contributed by atoms with Crippen molar-refractivity contribution in [1.82, 2.24) is 15.6 Å². The number of rotatable bonds is 7. The molecule has 0 aromatic carbocycles. The summed E-state index contributed by atoms with van der Waals surface area (Å²) in [6.45, 7) is 6.55. The fraction of sp³-hybridized carbons (Fsp3) is 0.600. The summed E-state index contributed by atoms with van der Waals surface area (Å²) in [6.07, 6.45) is 2.38. The van der Waals surface area contributed by atoms with Gasteiger partial charge in [-0.2, -0.15) is 0 Å². The lowest BCUT2D eigenvalue weighted by molar-refractivity contribution is 0.211. The lowest BCUT2D eigenvalue weighted by atomic mass is 10.0. The first kappa shape index (κ1) is 16.4. The van der Waals surface area contributed by atoms with Crippen molar-refractivity contribution in [2.45, 2.75) is 33.2 Å². The van der Waals surface area contributed by atoms with Crippen LogP contribution in [0.3, 0.4) is 0 Å². The van der Waals surface area contributed by atoms with E-state index in [4.69, 9.17) is 0 Å². The van der Waals surface area contributed by atoms with Gasteiger partial charge in [0.2, 0.25) is 0 Å². The van der Waals surface area contributed by atoms with Crippen LogP contribution in [0, 0.1) is 11.8 Å². The van der Waals surface area contributed by atoms with Crippen LogP contribution in [0.4, 0.5) is 4.79 Å². The van der Waals surface area contributed by atoms with Crippen LogP contribution >= 0.6 is 0 Å². The molecule has 2 amide bonds. The van der Waals surface area contributed by atoms with Gasteiger partial charge < -0.3 is 15.7 Å². The third kappa shape index (κ3) is 6.02. The van der Waals surface area contributed by atoms with E-state index in [0.29, 0.717) is 18.9 Å².